The topological polar surface area (TPSA) is 84.2 Å². The molecule has 1 aromatic carbocycles. The molecule has 112 valence electrons. The molecule has 0 aromatic heterocycles. The van der Waals surface area contributed by atoms with Gasteiger partial charge in [-0.2, -0.15) is 0 Å². The first kappa shape index (κ1) is 15.1. The maximum Gasteiger partial charge on any atom is 0.323 e. The zero-order chi connectivity index (χ0) is 15.1. The van der Waals surface area contributed by atoms with Crippen molar-refractivity contribution in [2.24, 2.45) is 11.7 Å². The molecular weight excluding hydrogens is 266 g/mol. The predicted octanol–water partition coefficient (Wildman–Crippen LogP) is 3.00. The number of nitrogens with one attached hydrogen (secondary N) is 2. The van der Waals surface area contributed by atoms with Gasteiger partial charge in [-0.05, 0) is 30.9 Å². The number of hydrogen-bond donors (Lipinski definition) is 3. The highest BCUT2D eigenvalue weighted by molar-refractivity contribution is 6.02. The standard InChI is InChI=1S/C16H21N3O2/c17-15(20)13-8-4-5-9-14(13)19-16(21)18-11-10-12-6-2-1-3-7-12/h4-5,8-12H,1-3,6-7H2,(H2,17,20)(H2,18,19,21)/b11-10+. The van der Waals surface area contributed by atoms with Gasteiger partial charge in [0.25, 0.3) is 5.91 Å². The van der Waals surface area contributed by atoms with E-state index in [1.54, 1.807) is 30.5 Å². The lowest BCUT2D eigenvalue weighted by molar-refractivity contribution is 0.100. The van der Waals surface area contributed by atoms with Crippen molar-refractivity contribution >= 4 is 17.6 Å². The molecule has 1 aliphatic carbocycles. The number of nitrogens with two attached hydrogens (primary N) is 1. The lowest BCUT2D eigenvalue weighted by Gasteiger charge is -2.17. The Labute approximate surface area is 124 Å². The molecule has 1 saturated carbocycles. The molecule has 1 fully saturated rings. The van der Waals surface area contributed by atoms with Crippen LogP contribution in [-0.4, -0.2) is 11.9 Å². The van der Waals surface area contributed by atoms with Gasteiger partial charge in [-0.1, -0.05) is 37.5 Å². The summed E-state index contributed by atoms with van der Waals surface area (Å²) in [4.78, 5) is 23.1. The Morgan fingerprint density at radius 3 is 2.57 bits per heavy atom. The second-order valence-electron chi connectivity index (χ2n) is 5.27. The molecule has 0 atom stereocenters. The third-order valence-electron chi connectivity index (χ3n) is 3.67. The molecule has 0 bridgehead atoms. The zero-order valence-electron chi connectivity index (χ0n) is 12.0. The average molecular weight is 287 g/mol. The number of amides is 3. The Bertz CT molecular complexity index is 534. The van der Waals surface area contributed by atoms with Gasteiger partial charge in [0, 0.05) is 6.20 Å². The monoisotopic (exact) mass is 287 g/mol. The van der Waals surface area contributed by atoms with Crippen LogP contribution in [0.15, 0.2) is 36.5 Å². The number of carbonyl (C=O) groups is 2. The molecule has 21 heavy (non-hydrogen) atoms. The molecule has 2 rings (SSSR count). The van der Waals surface area contributed by atoms with Crippen molar-refractivity contribution in [3.05, 3.63) is 42.1 Å². The quantitative estimate of drug-likeness (QED) is 0.795. The van der Waals surface area contributed by atoms with Crippen molar-refractivity contribution in [1.82, 2.24) is 5.32 Å². The third-order valence-corrected chi connectivity index (χ3v) is 3.67. The van der Waals surface area contributed by atoms with Crippen molar-refractivity contribution < 1.29 is 9.59 Å². The summed E-state index contributed by atoms with van der Waals surface area (Å²) in [5.74, 6) is -0.0133. The molecule has 0 spiro atoms. The first-order chi connectivity index (χ1) is 10.2. The number of carbonyl (C=O) groups excluding carboxylic acids is 2. The van der Waals surface area contributed by atoms with Gasteiger partial charge < -0.3 is 16.4 Å². The van der Waals surface area contributed by atoms with Gasteiger partial charge in [-0.3, -0.25) is 4.79 Å². The summed E-state index contributed by atoms with van der Waals surface area (Å²) in [6.07, 6.45) is 9.91. The number of rotatable bonds is 4. The van der Waals surface area contributed by atoms with Gasteiger partial charge in [-0.15, -0.1) is 0 Å². The second kappa shape index (κ2) is 7.47. The van der Waals surface area contributed by atoms with E-state index in [4.69, 9.17) is 5.73 Å². The van der Waals surface area contributed by atoms with E-state index >= 15 is 0 Å². The van der Waals surface area contributed by atoms with E-state index in [-0.39, 0.29) is 6.03 Å². The largest absolute Gasteiger partial charge is 0.366 e. The fourth-order valence-corrected chi connectivity index (χ4v) is 2.55. The average Bonchev–Trinajstić information content (AvgIpc) is 2.48. The van der Waals surface area contributed by atoms with E-state index < -0.39 is 5.91 Å². The normalized spacial score (nSPS) is 15.8. The second-order valence-corrected chi connectivity index (χ2v) is 5.27. The van der Waals surface area contributed by atoms with E-state index in [9.17, 15) is 9.59 Å². The molecule has 0 radical (unpaired) electrons. The van der Waals surface area contributed by atoms with Crippen LogP contribution in [0.2, 0.25) is 0 Å². The van der Waals surface area contributed by atoms with Crippen LogP contribution in [0.1, 0.15) is 42.5 Å². The summed E-state index contributed by atoms with van der Waals surface area (Å²) in [6.45, 7) is 0. The van der Waals surface area contributed by atoms with Crippen LogP contribution in [0.25, 0.3) is 0 Å². The highest BCUT2D eigenvalue weighted by Crippen LogP contribution is 2.24. The molecule has 0 saturated heterocycles. The van der Waals surface area contributed by atoms with Crippen LogP contribution in [0.5, 0.6) is 0 Å². The van der Waals surface area contributed by atoms with Crippen LogP contribution >= 0.6 is 0 Å². The minimum absolute atomic E-state index is 0.295. The maximum absolute atomic E-state index is 11.8. The maximum atomic E-state index is 11.8. The number of benzene rings is 1. The highest BCUT2D eigenvalue weighted by atomic mass is 16.2. The summed E-state index contributed by atoms with van der Waals surface area (Å²) in [6, 6.07) is 6.28. The molecule has 3 amide bonds. The van der Waals surface area contributed by atoms with Gasteiger partial charge in [0.2, 0.25) is 0 Å². The number of anilines is 1. The Balaban J connectivity index is 1.87. The van der Waals surface area contributed by atoms with Crippen LogP contribution in [0.4, 0.5) is 10.5 Å². The molecule has 1 aromatic rings. The molecule has 5 nitrogen and oxygen atoms in total. The van der Waals surface area contributed by atoms with Crippen molar-refractivity contribution in [3.8, 4) is 0 Å². The molecule has 0 aliphatic heterocycles. The van der Waals surface area contributed by atoms with Crippen LogP contribution in [0, 0.1) is 5.92 Å². The summed E-state index contributed by atoms with van der Waals surface area (Å²) >= 11 is 0. The van der Waals surface area contributed by atoms with E-state index in [0.717, 1.165) is 0 Å². The van der Waals surface area contributed by atoms with Crippen LogP contribution in [-0.2, 0) is 0 Å². The van der Waals surface area contributed by atoms with Gasteiger partial charge >= 0.3 is 6.03 Å². The first-order valence-corrected chi connectivity index (χ1v) is 7.30. The van der Waals surface area contributed by atoms with Crippen LogP contribution in [0.3, 0.4) is 0 Å². The molecule has 5 heteroatoms. The fourth-order valence-electron chi connectivity index (χ4n) is 2.55. The highest BCUT2D eigenvalue weighted by Gasteiger charge is 2.11. The number of hydrogen-bond acceptors (Lipinski definition) is 2. The van der Waals surface area contributed by atoms with Gasteiger partial charge in [0.05, 0.1) is 11.3 Å². The predicted molar refractivity (Wildman–Crippen MR) is 82.8 cm³/mol. The summed E-state index contributed by atoms with van der Waals surface area (Å²) < 4.78 is 0. The first-order valence-electron chi connectivity index (χ1n) is 7.30. The summed E-state index contributed by atoms with van der Waals surface area (Å²) in [5.41, 5.74) is 5.97. The molecule has 4 N–H and O–H groups in total. The third kappa shape index (κ3) is 4.63. The van der Waals surface area contributed by atoms with Gasteiger partial charge in [0.15, 0.2) is 0 Å². The molecule has 1 aliphatic rings. The van der Waals surface area contributed by atoms with E-state index in [1.165, 1.54) is 32.1 Å². The number of primary amides is 1. The SMILES string of the molecule is NC(=O)c1ccccc1NC(=O)N/C=C/C1CCCCC1. The van der Waals surface area contributed by atoms with Crippen LogP contribution < -0.4 is 16.4 Å². The summed E-state index contributed by atoms with van der Waals surface area (Å²) in [5, 5.41) is 5.29. The van der Waals surface area contributed by atoms with E-state index in [2.05, 4.69) is 10.6 Å². The Hall–Kier alpha value is -2.30. The van der Waals surface area contributed by atoms with E-state index in [1.807, 2.05) is 6.08 Å². The number of urea groups is 1. The van der Waals surface area contributed by atoms with Crippen molar-refractivity contribution in [2.45, 2.75) is 32.1 Å². The lowest BCUT2D eigenvalue weighted by Crippen LogP contribution is -2.26. The molecule has 0 unspecified atom stereocenters. The van der Waals surface area contributed by atoms with Gasteiger partial charge in [0.1, 0.15) is 0 Å². The van der Waals surface area contributed by atoms with Crippen molar-refractivity contribution in [2.75, 3.05) is 5.32 Å². The van der Waals surface area contributed by atoms with Crippen molar-refractivity contribution in [3.63, 3.8) is 0 Å². The Kier molecular flexibility index (Phi) is 5.37. The minimum Gasteiger partial charge on any atom is -0.366 e. The van der Waals surface area contributed by atoms with E-state index in [0.29, 0.717) is 17.2 Å². The summed E-state index contributed by atoms with van der Waals surface area (Å²) in [7, 11) is 0. The number of para-hydroxylation sites is 1. The smallest absolute Gasteiger partial charge is 0.323 e. The number of allylic oxidation sites excluding steroid dienone is 1. The van der Waals surface area contributed by atoms with Gasteiger partial charge in [-0.25, -0.2) is 4.79 Å². The zero-order valence-corrected chi connectivity index (χ0v) is 12.0. The molecular formula is C16H21N3O2. The van der Waals surface area contributed by atoms with Crippen molar-refractivity contribution in [1.29, 1.82) is 0 Å². The Morgan fingerprint density at radius 1 is 1.14 bits per heavy atom. The lowest BCUT2D eigenvalue weighted by atomic mass is 9.89. The molecule has 0 heterocycles. The minimum atomic E-state index is -0.566. The Morgan fingerprint density at radius 2 is 1.86 bits per heavy atom. The fraction of sp³-hybridized carbons (Fsp3) is 0.375.